The fourth-order valence-corrected chi connectivity index (χ4v) is 2.16. The van der Waals surface area contributed by atoms with Crippen LogP contribution in [0.15, 0.2) is 0 Å². The minimum atomic E-state index is -4.22. The van der Waals surface area contributed by atoms with Gasteiger partial charge in [-0.2, -0.15) is 13.2 Å². The minimum absolute atomic E-state index is 0.130. The van der Waals surface area contributed by atoms with Crippen LogP contribution >= 0.6 is 0 Å². The zero-order valence-corrected chi connectivity index (χ0v) is 9.78. The van der Waals surface area contributed by atoms with E-state index in [0.29, 0.717) is 0 Å². The molecule has 1 aliphatic rings. The number of alkyl halides is 3. The normalized spacial score (nSPS) is 20.0. The molecule has 3 N–H and O–H groups in total. The Morgan fingerprint density at radius 3 is 2.35 bits per heavy atom. The summed E-state index contributed by atoms with van der Waals surface area (Å²) in [4.78, 5) is 11.4. The summed E-state index contributed by atoms with van der Waals surface area (Å²) in [5, 5.41) is 2.27. The molecule has 100 valence electrons. The Labute approximate surface area is 98.9 Å². The Balaban J connectivity index is 2.24. The summed E-state index contributed by atoms with van der Waals surface area (Å²) in [6.07, 6.45) is -0.424. The van der Waals surface area contributed by atoms with E-state index in [1.165, 1.54) is 0 Å². The summed E-state index contributed by atoms with van der Waals surface area (Å²) in [5.41, 5.74) is 5.52. The monoisotopic (exact) mass is 252 g/mol. The molecule has 0 heterocycles. The summed E-state index contributed by atoms with van der Waals surface area (Å²) >= 11 is 0. The summed E-state index contributed by atoms with van der Waals surface area (Å²) in [6, 6.07) is 0. The van der Waals surface area contributed by atoms with Crippen molar-refractivity contribution in [1.29, 1.82) is 0 Å². The molecule has 1 amide bonds. The van der Waals surface area contributed by atoms with Crippen molar-refractivity contribution in [3.63, 3.8) is 0 Å². The van der Waals surface area contributed by atoms with E-state index in [1.54, 1.807) is 0 Å². The third-order valence-electron chi connectivity index (χ3n) is 3.09. The molecule has 1 rings (SSSR count). The Morgan fingerprint density at radius 2 is 1.82 bits per heavy atom. The lowest BCUT2D eigenvalue weighted by Crippen LogP contribution is -2.46. The Hall–Kier alpha value is -0.780. The lowest BCUT2D eigenvalue weighted by atomic mass is 9.80. The topological polar surface area (TPSA) is 55.1 Å². The van der Waals surface area contributed by atoms with Crippen molar-refractivity contribution in [3.8, 4) is 0 Å². The Kier molecular flexibility index (Phi) is 4.80. The zero-order valence-electron chi connectivity index (χ0n) is 9.78. The van der Waals surface area contributed by atoms with Crippen molar-refractivity contribution in [2.24, 2.45) is 5.73 Å². The van der Waals surface area contributed by atoms with Crippen molar-refractivity contribution < 1.29 is 18.0 Å². The molecule has 0 radical (unpaired) electrons. The third kappa shape index (κ3) is 5.91. The molecule has 17 heavy (non-hydrogen) atoms. The van der Waals surface area contributed by atoms with Crippen LogP contribution in [0.5, 0.6) is 0 Å². The third-order valence-corrected chi connectivity index (χ3v) is 3.09. The van der Waals surface area contributed by atoms with Gasteiger partial charge < -0.3 is 11.1 Å². The average molecular weight is 252 g/mol. The molecular formula is C11H19F3N2O. The van der Waals surface area contributed by atoms with Crippen LogP contribution in [0.4, 0.5) is 13.2 Å². The van der Waals surface area contributed by atoms with Crippen LogP contribution in [0.3, 0.4) is 0 Å². The minimum Gasteiger partial charge on any atom is -0.356 e. The molecule has 0 atom stereocenters. The predicted octanol–water partition coefficient (Wildman–Crippen LogP) is 2.11. The van der Waals surface area contributed by atoms with Crippen LogP contribution in [0.25, 0.3) is 0 Å². The number of carbonyl (C=O) groups excluding carboxylic acids is 1. The first-order chi connectivity index (χ1) is 7.81. The second-order valence-corrected chi connectivity index (χ2v) is 4.81. The number of halogens is 3. The Morgan fingerprint density at radius 1 is 1.24 bits per heavy atom. The molecule has 3 nitrogen and oxygen atoms in total. The van der Waals surface area contributed by atoms with Crippen LogP contribution in [0.1, 0.15) is 44.9 Å². The van der Waals surface area contributed by atoms with Gasteiger partial charge in [0, 0.05) is 18.5 Å². The highest BCUT2D eigenvalue weighted by atomic mass is 19.4. The first-order valence-corrected chi connectivity index (χ1v) is 5.93. The van der Waals surface area contributed by atoms with Crippen molar-refractivity contribution >= 4 is 5.91 Å². The van der Waals surface area contributed by atoms with Crippen molar-refractivity contribution in [1.82, 2.24) is 5.32 Å². The summed E-state index contributed by atoms with van der Waals surface area (Å²) in [5.74, 6) is -0.376. The van der Waals surface area contributed by atoms with Gasteiger partial charge in [-0.1, -0.05) is 19.3 Å². The number of nitrogens with two attached hydrogens (primary N) is 1. The summed E-state index contributed by atoms with van der Waals surface area (Å²) in [7, 11) is 0. The second-order valence-electron chi connectivity index (χ2n) is 4.81. The van der Waals surface area contributed by atoms with Crippen LogP contribution in [0, 0.1) is 0 Å². The van der Waals surface area contributed by atoms with Gasteiger partial charge in [0.2, 0.25) is 5.91 Å². The first kappa shape index (κ1) is 14.3. The van der Waals surface area contributed by atoms with E-state index in [2.05, 4.69) is 5.32 Å². The number of carbonyl (C=O) groups is 1. The van der Waals surface area contributed by atoms with Gasteiger partial charge >= 0.3 is 6.18 Å². The van der Waals surface area contributed by atoms with Crippen molar-refractivity contribution in [2.45, 2.75) is 56.7 Å². The molecule has 1 saturated carbocycles. The highest BCUT2D eigenvalue weighted by molar-refractivity contribution is 5.77. The van der Waals surface area contributed by atoms with E-state index in [9.17, 15) is 18.0 Å². The second kappa shape index (κ2) is 5.71. The van der Waals surface area contributed by atoms with E-state index in [4.69, 9.17) is 5.73 Å². The SMILES string of the molecule is NC1(CC(=O)NCCC(F)(F)F)CCCCC1. The van der Waals surface area contributed by atoms with Gasteiger partial charge in [0.1, 0.15) is 0 Å². The number of nitrogens with one attached hydrogen (secondary N) is 1. The summed E-state index contributed by atoms with van der Waals surface area (Å²) < 4.78 is 35.6. The maximum absolute atomic E-state index is 11.9. The molecule has 0 aromatic rings. The first-order valence-electron chi connectivity index (χ1n) is 5.93. The number of rotatable bonds is 4. The highest BCUT2D eigenvalue weighted by Gasteiger charge is 2.31. The largest absolute Gasteiger partial charge is 0.390 e. The molecule has 0 unspecified atom stereocenters. The maximum atomic E-state index is 11.9. The predicted molar refractivity (Wildman–Crippen MR) is 58.3 cm³/mol. The van der Waals surface area contributed by atoms with Crippen LogP contribution in [-0.4, -0.2) is 24.2 Å². The lowest BCUT2D eigenvalue weighted by molar-refractivity contribution is -0.135. The molecule has 0 aromatic carbocycles. The highest BCUT2D eigenvalue weighted by Crippen LogP contribution is 2.28. The van der Waals surface area contributed by atoms with Gasteiger partial charge in [-0.3, -0.25) is 4.79 Å². The maximum Gasteiger partial charge on any atom is 0.390 e. The van der Waals surface area contributed by atoms with E-state index in [-0.39, 0.29) is 18.9 Å². The Bertz CT molecular complexity index is 260. The van der Waals surface area contributed by atoms with E-state index in [0.717, 1.165) is 32.1 Å². The fourth-order valence-electron chi connectivity index (χ4n) is 2.16. The van der Waals surface area contributed by atoms with Crippen LogP contribution in [0.2, 0.25) is 0 Å². The van der Waals surface area contributed by atoms with Gasteiger partial charge in [-0.25, -0.2) is 0 Å². The summed E-state index contributed by atoms with van der Waals surface area (Å²) in [6.45, 7) is -0.363. The quantitative estimate of drug-likeness (QED) is 0.805. The van der Waals surface area contributed by atoms with E-state index < -0.39 is 18.1 Å². The number of amides is 1. The molecule has 1 aliphatic carbocycles. The molecule has 0 saturated heterocycles. The van der Waals surface area contributed by atoms with Crippen LogP contribution in [-0.2, 0) is 4.79 Å². The van der Waals surface area contributed by atoms with Gasteiger partial charge in [0.25, 0.3) is 0 Å². The molecule has 0 spiro atoms. The van der Waals surface area contributed by atoms with Gasteiger partial charge in [-0.15, -0.1) is 0 Å². The molecule has 1 fully saturated rings. The smallest absolute Gasteiger partial charge is 0.356 e. The van der Waals surface area contributed by atoms with Crippen LogP contribution < -0.4 is 11.1 Å². The lowest BCUT2D eigenvalue weighted by Gasteiger charge is -2.32. The molecule has 6 heteroatoms. The molecule has 0 aliphatic heterocycles. The molecule has 0 aromatic heterocycles. The molecular weight excluding hydrogens is 233 g/mol. The van der Waals surface area contributed by atoms with E-state index >= 15 is 0 Å². The zero-order chi connectivity index (χ0) is 12.9. The molecule has 0 bridgehead atoms. The van der Waals surface area contributed by atoms with E-state index in [1.807, 2.05) is 0 Å². The van der Waals surface area contributed by atoms with Crippen molar-refractivity contribution in [2.75, 3.05) is 6.54 Å². The van der Waals surface area contributed by atoms with Gasteiger partial charge in [-0.05, 0) is 12.8 Å². The van der Waals surface area contributed by atoms with Crippen molar-refractivity contribution in [3.05, 3.63) is 0 Å². The fraction of sp³-hybridized carbons (Fsp3) is 0.909. The average Bonchev–Trinajstić information content (AvgIpc) is 2.15. The standard InChI is InChI=1S/C11H19F3N2O/c12-11(13,14)6-7-16-9(17)8-10(15)4-2-1-3-5-10/h1-8,15H2,(H,16,17). The number of hydrogen-bond acceptors (Lipinski definition) is 2. The number of hydrogen-bond donors (Lipinski definition) is 2. The van der Waals surface area contributed by atoms with Gasteiger partial charge in [0.05, 0.1) is 6.42 Å². The van der Waals surface area contributed by atoms with Gasteiger partial charge in [0.15, 0.2) is 0 Å².